The third-order valence-corrected chi connectivity index (χ3v) is 3.05. The highest BCUT2D eigenvalue weighted by Crippen LogP contribution is 2.28. The number of hydrogen-bond donors (Lipinski definition) is 1. The van der Waals surface area contributed by atoms with Crippen molar-refractivity contribution in [1.29, 1.82) is 0 Å². The molecule has 0 saturated heterocycles. The van der Waals surface area contributed by atoms with E-state index in [2.05, 4.69) is 4.98 Å². The van der Waals surface area contributed by atoms with E-state index in [1.165, 1.54) is 0 Å². The molecule has 2 aromatic heterocycles. The highest BCUT2D eigenvalue weighted by Gasteiger charge is 2.08. The Balaban J connectivity index is 2.10. The second-order valence-electron chi connectivity index (χ2n) is 4.36. The number of hydrogen-bond acceptors (Lipinski definition) is 3. The van der Waals surface area contributed by atoms with Crippen LogP contribution in [0.25, 0.3) is 22.4 Å². The Morgan fingerprint density at radius 1 is 1.22 bits per heavy atom. The molecule has 0 aliphatic rings. The van der Waals surface area contributed by atoms with E-state index in [0.29, 0.717) is 6.54 Å². The zero-order valence-electron chi connectivity index (χ0n) is 10.2. The molecule has 0 unspecified atom stereocenters. The van der Waals surface area contributed by atoms with Crippen molar-refractivity contribution in [3.8, 4) is 11.5 Å². The number of aryl methyl sites for hydroxylation is 1. The van der Waals surface area contributed by atoms with Crippen molar-refractivity contribution in [1.82, 2.24) is 4.98 Å². The number of nitrogens with two attached hydrogens (primary N) is 1. The summed E-state index contributed by atoms with van der Waals surface area (Å²) in [7, 11) is 0. The standard InChI is InChI=1S/C15H14N2O/c1-10-3-2-4-12-7-14(18-15(10)12)13-6-5-11(8-16)9-17-13/h2-7,9H,8,16H2,1H3. The summed E-state index contributed by atoms with van der Waals surface area (Å²) >= 11 is 0. The summed E-state index contributed by atoms with van der Waals surface area (Å²) in [6.07, 6.45) is 1.79. The van der Waals surface area contributed by atoms with Gasteiger partial charge >= 0.3 is 0 Å². The van der Waals surface area contributed by atoms with E-state index in [1.807, 2.05) is 43.3 Å². The summed E-state index contributed by atoms with van der Waals surface area (Å²) in [5.41, 5.74) is 9.48. The molecule has 1 aromatic carbocycles. The van der Waals surface area contributed by atoms with Gasteiger partial charge in [-0.05, 0) is 30.2 Å². The number of fused-ring (bicyclic) bond motifs is 1. The minimum atomic E-state index is 0.506. The highest BCUT2D eigenvalue weighted by molar-refractivity contribution is 5.84. The fourth-order valence-electron chi connectivity index (χ4n) is 2.03. The maximum atomic E-state index is 5.86. The van der Waals surface area contributed by atoms with Crippen LogP contribution in [-0.2, 0) is 6.54 Å². The molecule has 3 aromatic rings. The number of rotatable bonds is 2. The van der Waals surface area contributed by atoms with Crippen LogP contribution in [0.1, 0.15) is 11.1 Å². The van der Waals surface area contributed by atoms with E-state index in [4.69, 9.17) is 10.2 Å². The summed E-state index contributed by atoms with van der Waals surface area (Å²) < 4.78 is 5.86. The first-order valence-electron chi connectivity index (χ1n) is 5.92. The van der Waals surface area contributed by atoms with Crippen LogP contribution in [0.3, 0.4) is 0 Å². The number of aromatic nitrogens is 1. The van der Waals surface area contributed by atoms with Gasteiger partial charge in [0.2, 0.25) is 0 Å². The molecule has 2 heterocycles. The lowest BCUT2D eigenvalue weighted by Crippen LogP contribution is -1.96. The molecule has 0 spiro atoms. The van der Waals surface area contributed by atoms with E-state index < -0.39 is 0 Å². The predicted octanol–water partition coefficient (Wildman–Crippen LogP) is 3.26. The Hall–Kier alpha value is -2.13. The van der Waals surface area contributed by atoms with Crippen molar-refractivity contribution in [3.05, 3.63) is 53.7 Å². The van der Waals surface area contributed by atoms with Crippen molar-refractivity contribution < 1.29 is 4.42 Å². The maximum absolute atomic E-state index is 5.86. The van der Waals surface area contributed by atoms with Gasteiger partial charge in [0.15, 0.2) is 5.76 Å². The molecule has 0 amide bonds. The first kappa shape index (κ1) is 11.0. The number of nitrogens with zero attached hydrogens (tertiary/aromatic N) is 1. The van der Waals surface area contributed by atoms with Crippen LogP contribution in [0.5, 0.6) is 0 Å². The van der Waals surface area contributed by atoms with E-state index in [-0.39, 0.29) is 0 Å². The highest BCUT2D eigenvalue weighted by atomic mass is 16.3. The third-order valence-electron chi connectivity index (χ3n) is 3.05. The minimum absolute atomic E-state index is 0.506. The smallest absolute Gasteiger partial charge is 0.153 e. The van der Waals surface area contributed by atoms with Crippen molar-refractivity contribution in [2.24, 2.45) is 5.73 Å². The average Bonchev–Trinajstić information content (AvgIpc) is 2.84. The fourth-order valence-corrected chi connectivity index (χ4v) is 2.03. The van der Waals surface area contributed by atoms with Crippen molar-refractivity contribution in [3.63, 3.8) is 0 Å². The molecule has 0 saturated carbocycles. The molecule has 0 aliphatic carbocycles. The summed E-state index contributed by atoms with van der Waals surface area (Å²) in [5, 5.41) is 1.11. The lowest BCUT2D eigenvalue weighted by atomic mass is 10.1. The summed E-state index contributed by atoms with van der Waals surface area (Å²) in [6, 6.07) is 12.1. The second-order valence-corrected chi connectivity index (χ2v) is 4.36. The van der Waals surface area contributed by atoms with E-state index in [1.54, 1.807) is 6.20 Å². The largest absolute Gasteiger partial charge is 0.454 e. The van der Waals surface area contributed by atoms with Gasteiger partial charge in [-0.15, -0.1) is 0 Å². The zero-order valence-corrected chi connectivity index (χ0v) is 10.2. The molecule has 3 rings (SSSR count). The van der Waals surface area contributed by atoms with Crippen LogP contribution >= 0.6 is 0 Å². The summed E-state index contributed by atoms with van der Waals surface area (Å²) in [4.78, 5) is 4.37. The Kier molecular flexibility index (Phi) is 2.61. The Morgan fingerprint density at radius 2 is 2.11 bits per heavy atom. The predicted molar refractivity (Wildman–Crippen MR) is 72.1 cm³/mol. The first-order chi connectivity index (χ1) is 8.78. The zero-order chi connectivity index (χ0) is 12.5. The van der Waals surface area contributed by atoms with Crippen LogP contribution in [0, 0.1) is 6.92 Å². The van der Waals surface area contributed by atoms with Gasteiger partial charge in [-0.25, -0.2) is 0 Å². The molecule has 90 valence electrons. The van der Waals surface area contributed by atoms with Gasteiger partial charge in [-0.3, -0.25) is 4.98 Å². The van der Waals surface area contributed by atoms with Gasteiger partial charge in [-0.1, -0.05) is 24.3 Å². The Labute approximate surface area is 105 Å². The average molecular weight is 238 g/mol. The summed E-state index contributed by atoms with van der Waals surface area (Å²) in [5.74, 6) is 0.794. The van der Waals surface area contributed by atoms with Gasteiger partial charge < -0.3 is 10.2 Å². The van der Waals surface area contributed by atoms with Crippen molar-refractivity contribution in [2.75, 3.05) is 0 Å². The molecule has 0 bridgehead atoms. The fraction of sp³-hybridized carbons (Fsp3) is 0.133. The van der Waals surface area contributed by atoms with E-state index >= 15 is 0 Å². The van der Waals surface area contributed by atoms with Crippen LogP contribution in [-0.4, -0.2) is 4.98 Å². The number of furan rings is 1. The van der Waals surface area contributed by atoms with Crippen LogP contribution in [0.15, 0.2) is 47.0 Å². The summed E-state index contributed by atoms with van der Waals surface area (Å²) in [6.45, 7) is 2.55. The van der Waals surface area contributed by atoms with Crippen molar-refractivity contribution in [2.45, 2.75) is 13.5 Å². The van der Waals surface area contributed by atoms with Gasteiger partial charge in [0.05, 0.1) is 0 Å². The molecular formula is C15H14N2O. The van der Waals surface area contributed by atoms with Gasteiger partial charge in [0.25, 0.3) is 0 Å². The van der Waals surface area contributed by atoms with E-state index in [0.717, 1.165) is 33.6 Å². The minimum Gasteiger partial charge on any atom is -0.454 e. The Morgan fingerprint density at radius 3 is 2.78 bits per heavy atom. The third kappa shape index (κ3) is 1.79. The molecule has 18 heavy (non-hydrogen) atoms. The molecule has 3 heteroatoms. The molecule has 0 atom stereocenters. The second kappa shape index (κ2) is 4.27. The molecule has 0 fully saturated rings. The molecule has 3 nitrogen and oxygen atoms in total. The molecule has 2 N–H and O–H groups in total. The van der Waals surface area contributed by atoms with Gasteiger partial charge in [-0.2, -0.15) is 0 Å². The normalized spacial score (nSPS) is 11.0. The topological polar surface area (TPSA) is 52.0 Å². The maximum Gasteiger partial charge on any atom is 0.153 e. The van der Waals surface area contributed by atoms with Crippen LogP contribution < -0.4 is 5.73 Å². The first-order valence-corrected chi connectivity index (χ1v) is 5.92. The van der Waals surface area contributed by atoms with Crippen molar-refractivity contribution >= 4 is 11.0 Å². The lowest BCUT2D eigenvalue weighted by Gasteiger charge is -1.98. The van der Waals surface area contributed by atoms with Crippen LogP contribution in [0.2, 0.25) is 0 Å². The lowest BCUT2D eigenvalue weighted by molar-refractivity contribution is 0.626. The SMILES string of the molecule is Cc1cccc2cc(-c3ccc(CN)cn3)oc12. The molecule has 0 radical (unpaired) electrons. The molecular weight excluding hydrogens is 224 g/mol. The van der Waals surface area contributed by atoms with Gasteiger partial charge in [0.1, 0.15) is 11.3 Å². The molecule has 0 aliphatic heterocycles. The number of benzene rings is 1. The number of pyridine rings is 1. The van der Waals surface area contributed by atoms with Crippen LogP contribution in [0.4, 0.5) is 0 Å². The Bertz CT molecular complexity index is 683. The van der Waals surface area contributed by atoms with E-state index in [9.17, 15) is 0 Å². The van der Waals surface area contributed by atoms with Gasteiger partial charge in [0, 0.05) is 18.1 Å². The number of para-hydroxylation sites is 1. The monoisotopic (exact) mass is 238 g/mol. The quantitative estimate of drug-likeness (QED) is 0.745.